The topological polar surface area (TPSA) is 43.8 Å². The summed E-state index contributed by atoms with van der Waals surface area (Å²) in [6, 6.07) is 5.38. The molecule has 0 bridgehead atoms. The summed E-state index contributed by atoms with van der Waals surface area (Å²) in [5, 5.41) is 10.3. The second-order valence-corrected chi connectivity index (χ2v) is 6.58. The molecule has 1 aliphatic rings. The zero-order chi connectivity index (χ0) is 15.6. The van der Waals surface area contributed by atoms with E-state index in [9.17, 15) is 9.90 Å². The van der Waals surface area contributed by atoms with Gasteiger partial charge in [0.25, 0.3) is 0 Å². The van der Waals surface area contributed by atoms with E-state index in [1.54, 1.807) is 12.1 Å². The highest BCUT2D eigenvalue weighted by Crippen LogP contribution is 2.36. The van der Waals surface area contributed by atoms with Crippen LogP contribution in [0.3, 0.4) is 0 Å². The molecule has 1 unspecified atom stereocenters. The van der Waals surface area contributed by atoms with Gasteiger partial charge in [-0.15, -0.1) is 0 Å². The van der Waals surface area contributed by atoms with Crippen molar-refractivity contribution >= 4 is 29.2 Å². The van der Waals surface area contributed by atoms with Crippen molar-refractivity contribution in [3.8, 4) is 0 Å². The lowest BCUT2D eigenvalue weighted by molar-refractivity contribution is -0.140. The Morgan fingerprint density at radius 2 is 1.86 bits per heavy atom. The fraction of sp³-hybridized carbons (Fsp3) is 0.533. The molecule has 1 aromatic rings. The Balaban J connectivity index is 2.35. The molecule has 1 atom stereocenters. The van der Waals surface area contributed by atoms with E-state index in [0.717, 1.165) is 31.7 Å². The number of piperazine rings is 1. The highest BCUT2D eigenvalue weighted by atomic mass is 35.5. The van der Waals surface area contributed by atoms with Crippen molar-refractivity contribution < 1.29 is 9.90 Å². The predicted octanol–water partition coefficient (Wildman–Crippen LogP) is 2.93. The molecular weight excluding hydrogens is 311 g/mol. The molecule has 6 heteroatoms. The van der Waals surface area contributed by atoms with Gasteiger partial charge in [-0.25, -0.2) is 0 Å². The van der Waals surface area contributed by atoms with Crippen molar-refractivity contribution in [2.24, 2.45) is 0 Å². The van der Waals surface area contributed by atoms with E-state index in [0.29, 0.717) is 10.0 Å². The van der Waals surface area contributed by atoms with E-state index >= 15 is 0 Å². The lowest BCUT2D eigenvalue weighted by Gasteiger charge is -2.45. The van der Waals surface area contributed by atoms with Gasteiger partial charge in [-0.3, -0.25) is 9.69 Å². The van der Waals surface area contributed by atoms with E-state index in [4.69, 9.17) is 23.2 Å². The Morgan fingerprint density at radius 3 is 2.38 bits per heavy atom. The molecule has 2 rings (SSSR count). The smallest absolute Gasteiger partial charge is 0.305 e. The zero-order valence-corrected chi connectivity index (χ0v) is 13.8. The van der Waals surface area contributed by atoms with Gasteiger partial charge < -0.3 is 10.0 Å². The molecule has 0 spiro atoms. The van der Waals surface area contributed by atoms with Crippen LogP contribution in [0.15, 0.2) is 18.2 Å². The quantitative estimate of drug-likeness (QED) is 0.921. The third-order valence-corrected chi connectivity index (χ3v) is 4.98. The molecule has 0 aliphatic carbocycles. The van der Waals surface area contributed by atoms with Crippen LogP contribution >= 0.6 is 23.2 Å². The number of carboxylic acids is 1. The minimum Gasteiger partial charge on any atom is -0.481 e. The summed E-state index contributed by atoms with van der Waals surface area (Å²) < 4.78 is 0. The van der Waals surface area contributed by atoms with E-state index in [1.165, 1.54) is 0 Å². The number of hydrogen-bond donors (Lipinski definition) is 1. The molecule has 1 saturated heterocycles. The first-order valence-corrected chi connectivity index (χ1v) is 7.69. The summed E-state index contributed by atoms with van der Waals surface area (Å²) >= 11 is 12.1. The monoisotopic (exact) mass is 330 g/mol. The first-order chi connectivity index (χ1) is 9.83. The average Bonchev–Trinajstić information content (AvgIpc) is 2.41. The fourth-order valence-electron chi connectivity index (χ4n) is 2.82. The highest BCUT2D eigenvalue weighted by Gasteiger charge is 2.37. The zero-order valence-electron chi connectivity index (χ0n) is 12.3. The molecule has 0 aromatic heterocycles. The molecule has 0 saturated carbocycles. The lowest BCUT2D eigenvalue weighted by atomic mass is 9.86. The standard InChI is InChI=1S/C15H20Cl2N2O2/c1-15(10-14(20)21,19-7-5-18(2)6-8-19)11-3-4-12(16)13(17)9-11/h3-4,9H,5-8,10H2,1-2H3,(H,20,21). The van der Waals surface area contributed by atoms with Gasteiger partial charge in [-0.05, 0) is 31.7 Å². The van der Waals surface area contributed by atoms with Crippen LogP contribution in [-0.4, -0.2) is 54.1 Å². The van der Waals surface area contributed by atoms with Crippen molar-refractivity contribution in [1.29, 1.82) is 0 Å². The number of benzene rings is 1. The molecule has 116 valence electrons. The summed E-state index contributed by atoms with van der Waals surface area (Å²) in [6.07, 6.45) is 0.0364. The number of carbonyl (C=O) groups is 1. The number of rotatable bonds is 4. The largest absolute Gasteiger partial charge is 0.481 e. The van der Waals surface area contributed by atoms with Crippen LogP contribution in [0.2, 0.25) is 10.0 Å². The predicted molar refractivity (Wildman–Crippen MR) is 85.1 cm³/mol. The van der Waals surface area contributed by atoms with Gasteiger partial charge in [0.05, 0.1) is 22.0 Å². The molecule has 0 amide bonds. The maximum atomic E-state index is 11.4. The van der Waals surface area contributed by atoms with Crippen LogP contribution in [0.4, 0.5) is 0 Å². The van der Waals surface area contributed by atoms with Crippen LogP contribution in [0, 0.1) is 0 Å². The number of carboxylic acid groups (broad SMARTS) is 1. The molecular formula is C15H20Cl2N2O2. The third kappa shape index (κ3) is 3.69. The maximum Gasteiger partial charge on any atom is 0.305 e. The fourth-order valence-corrected chi connectivity index (χ4v) is 3.12. The summed E-state index contributed by atoms with van der Waals surface area (Å²) in [5.74, 6) is -0.817. The minimum atomic E-state index is -0.817. The van der Waals surface area contributed by atoms with Crippen LogP contribution < -0.4 is 0 Å². The van der Waals surface area contributed by atoms with Gasteiger partial charge in [0.1, 0.15) is 0 Å². The number of hydrogen-bond acceptors (Lipinski definition) is 3. The summed E-state index contributed by atoms with van der Waals surface area (Å²) in [5.41, 5.74) is 0.310. The Labute approximate surface area is 135 Å². The van der Waals surface area contributed by atoms with E-state index in [1.807, 2.05) is 13.0 Å². The van der Waals surface area contributed by atoms with Gasteiger partial charge in [-0.2, -0.15) is 0 Å². The van der Waals surface area contributed by atoms with Crippen molar-refractivity contribution in [2.45, 2.75) is 18.9 Å². The van der Waals surface area contributed by atoms with Gasteiger partial charge in [0.15, 0.2) is 0 Å². The molecule has 4 nitrogen and oxygen atoms in total. The van der Waals surface area contributed by atoms with E-state index in [2.05, 4.69) is 16.8 Å². The van der Waals surface area contributed by atoms with Crippen molar-refractivity contribution in [3.05, 3.63) is 33.8 Å². The second-order valence-electron chi connectivity index (χ2n) is 5.76. The molecule has 1 aromatic carbocycles. The van der Waals surface area contributed by atoms with Gasteiger partial charge in [-0.1, -0.05) is 29.3 Å². The molecule has 1 heterocycles. The van der Waals surface area contributed by atoms with Gasteiger partial charge in [0.2, 0.25) is 0 Å². The summed E-state index contributed by atoms with van der Waals surface area (Å²) in [6.45, 7) is 5.49. The highest BCUT2D eigenvalue weighted by molar-refractivity contribution is 6.42. The first kappa shape index (κ1) is 16.6. The lowest BCUT2D eigenvalue weighted by Crippen LogP contribution is -2.54. The van der Waals surface area contributed by atoms with Crippen molar-refractivity contribution in [3.63, 3.8) is 0 Å². The normalized spacial score (nSPS) is 20.2. The van der Waals surface area contributed by atoms with E-state index < -0.39 is 11.5 Å². The van der Waals surface area contributed by atoms with Crippen molar-refractivity contribution in [2.75, 3.05) is 33.2 Å². The third-order valence-electron chi connectivity index (χ3n) is 4.24. The Morgan fingerprint density at radius 1 is 1.24 bits per heavy atom. The Bertz CT molecular complexity index is 530. The number of nitrogens with zero attached hydrogens (tertiary/aromatic N) is 2. The van der Waals surface area contributed by atoms with E-state index in [-0.39, 0.29) is 6.42 Å². The Hall–Kier alpha value is -0.810. The molecule has 1 aliphatic heterocycles. The van der Waals surface area contributed by atoms with Crippen molar-refractivity contribution in [1.82, 2.24) is 9.80 Å². The SMILES string of the molecule is CN1CCN(C(C)(CC(=O)O)c2ccc(Cl)c(Cl)c2)CC1. The molecule has 0 radical (unpaired) electrons. The molecule has 1 N–H and O–H groups in total. The number of aliphatic carboxylic acids is 1. The number of halogens is 2. The van der Waals surface area contributed by atoms with Crippen LogP contribution in [0.1, 0.15) is 18.9 Å². The minimum absolute atomic E-state index is 0.0364. The van der Waals surface area contributed by atoms with Crippen LogP contribution in [-0.2, 0) is 10.3 Å². The second kappa shape index (κ2) is 6.53. The number of likely N-dealkylation sites (N-methyl/N-ethyl adjacent to an activating group) is 1. The van der Waals surface area contributed by atoms with Gasteiger partial charge >= 0.3 is 5.97 Å². The van der Waals surface area contributed by atoms with Crippen LogP contribution in [0.5, 0.6) is 0 Å². The molecule has 1 fully saturated rings. The first-order valence-electron chi connectivity index (χ1n) is 6.94. The summed E-state index contributed by atoms with van der Waals surface area (Å²) in [4.78, 5) is 15.8. The average molecular weight is 331 g/mol. The maximum absolute atomic E-state index is 11.4. The van der Waals surface area contributed by atoms with Crippen LogP contribution in [0.25, 0.3) is 0 Å². The molecule has 21 heavy (non-hydrogen) atoms. The Kier molecular flexibility index (Phi) is 5.15. The van der Waals surface area contributed by atoms with Gasteiger partial charge in [0, 0.05) is 26.2 Å². The summed E-state index contributed by atoms with van der Waals surface area (Å²) in [7, 11) is 2.07.